The minimum atomic E-state index is -1.86. The van der Waals surface area contributed by atoms with Gasteiger partial charge in [-0.1, -0.05) is 43.6 Å². The molecule has 0 bridgehead atoms. The molecule has 3 aromatic rings. The van der Waals surface area contributed by atoms with E-state index in [1.165, 1.54) is 17.0 Å². The summed E-state index contributed by atoms with van der Waals surface area (Å²) < 4.78 is 44.2. The molecule has 234 valence electrons. The van der Waals surface area contributed by atoms with Crippen LogP contribution in [0.4, 0.5) is 30.4 Å². The number of aryl methyl sites for hydroxylation is 1. The smallest absolute Gasteiger partial charge is 0.246 e. The molecular formula is C31H28Cl2F3N7O2. The molecule has 1 saturated heterocycles. The molecule has 4 heterocycles. The summed E-state index contributed by atoms with van der Waals surface area (Å²) in [5.74, 6) is -5.53. The zero-order chi connectivity index (χ0) is 32.9. The average Bonchev–Trinajstić information content (AvgIpc) is 3.02. The van der Waals surface area contributed by atoms with Crippen LogP contribution >= 0.6 is 23.2 Å². The second-order valence-electron chi connectivity index (χ2n) is 10.9. The number of nitrogens with zero attached hydrogens (tertiary/aromatic N) is 6. The number of hydrogen-bond donors (Lipinski definition) is 2. The van der Waals surface area contributed by atoms with E-state index in [9.17, 15) is 23.9 Å². The van der Waals surface area contributed by atoms with E-state index in [2.05, 4.69) is 22.6 Å². The van der Waals surface area contributed by atoms with Crippen LogP contribution in [0.1, 0.15) is 36.6 Å². The lowest BCUT2D eigenvalue weighted by molar-refractivity contribution is -0.127. The van der Waals surface area contributed by atoms with Gasteiger partial charge in [0.05, 0.1) is 39.0 Å². The van der Waals surface area contributed by atoms with Gasteiger partial charge < -0.3 is 20.6 Å². The third-order valence-electron chi connectivity index (χ3n) is 7.88. The van der Waals surface area contributed by atoms with Crippen molar-refractivity contribution < 1.29 is 23.1 Å². The van der Waals surface area contributed by atoms with Gasteiger partial charge in [-0.05, 0) is 36.6 Å². The Morgan fingerprint density at radius 2 is 1.87 bits per heavy atom. The van der Waals surface area contributed by atoms with E-state index in [4.69, 9.17) is 28.9 Å². The van der Waals surface area contributed by atoms with Crippen molar-refractivity contribution in [1.29, 1.82) is 5.26 Å². The number of amides is 1. The first-order valence-electron chi connectivity index (χ1n) is 13.9. The normalized spacial score (nSPS) is 16.6. The van der Waals surface area contributed by atoms with Crippen molar-refractivity contribution in [3.05, 3.63) is 80.9 Å². The van der Waals surface area contributed by atoms with Crippen LogP contribution < -0.4 is 10.6 Å². The number of halogens is 5. The third-order valence-corrected chi connectivity index (χ3v) is 8.54. The van der Waals surface area contributed by atoms with Crippen LogP contribution in [0.2, 0.25) is 10.0 Å². The van der Waals surface area contributed by atoms with E-state index in [0.717, 1.165) is 0 Å². The van der Waals surface area contributed by atoms with E-state index in [0.29, 0.717) is 41.3 Å². The SMILES string of the molecule is C=CC(=O)N1CCN(C2=C(C#N)C(O)N(c3c(C)ccnc3C(C)C)c3nc(-c4c(N)c(Cl)c(F)c(F)c4F)c(Cl)cc32)CC1. The number of rotatable bonds is 5. The van der Waals surface area contributed by atoms with Gasteiger partial charge in [0, 0.05) is 37.9 Å². The molecule has 14 heteroatoms. The Balaban J connectivity index is 1.82. The molecule has 3 N–H and O–H groups in total. The topological polar surface area (TPSA) is 123 Å². The molecule has 2 aromatic heterocycles. The Morgan fingerprint density at radius 3 is 2.47 bits per heavy atom. The highest BCUT2D eigenvalue weighted by atomic mass is 35.5. The lowest BCUT2D eigenvalue weighted by atomic mass is 9.94. The van der Waals surface area contributed by atoms with Gasteiger partial charge in [0.25, 0.3) is 0 Å². The molecule has 0 aliphatic carbocycles. The summed E-state index contributed by atoms with van der Waals surface area (Å²) >= 11 is 12.6. The summed E-state index contributed by atoms with van der Waals surface area (Å²) in [6.45, 7) is 10.3. The molecule has 9 nitrogen and oxygen atoms in total. The van der Waals surface area contributed by atoms with Crippen molar-refractivity contribution in [2.24, 2.45) is 0 Å². The standard InChI is InChI=1S/C31H28Cl2F3N7O2/c1-5-19(44)41-8-10-42(11-9-41)29-16-12-18(32)27(20-22(34)24(36)23(35)21(33)25(20)38)40-30(16)43(31(45)17(29)13-37)28-15(4)6-7-39-26(28)14(2)3/h5-7,12,14,31,45H,1,8-11,38H2,2-4H3. The Kier molecular flexibility index (Phi) is 8.72. The van der Waals surface area contributed by atoms with E-state index in [-0.39, 0.29) is 47.0 Å². The number of anilines is 3. The first-order valence-corrected chi connectivity index (χ1v) is 14.7. The molecule has 1 aromatic carbocycles. The van der Waals surface area contributed by atoms with Crippen LogP contribution in [0.5, 0.6) is 0 Å². The first kappa shape index (κ1) is 32.1. The summed E-state index contributed by atoms with van der Waals surface area (Å²) in [5.41, 5.74) is 6.56. The molecule has 5 rings (SSSR count). The number of carbonyl (C=O) groups is 1. The molecule has 1 unspecified atom stereocenters. The first-order chi connectivity index (χ1) is 21.3. The molecular weight excluding hydrogens is 630 g/mol. The number of piperazine rings is 1. The number of nitrogen functional groups attached to an aromatic ring is 1. The summed E-state index contributed by atoms with van der Waals surface area (Å²) in [7, 11) is 0. The largest absolute Gasteiger partial charge is 0.397 e. The number of fused-ring (bicyclic) bond motifs is 1. The van der Waals surface area contributed by atoms with Crippen LogP contribution in [-0.2, 0) is 4.79 Å². The fourth-order valence-corrected chi connectivity index (χ4v) is 6.09. The van der Waals surface area contributed by atoms with Crippen molar-refractivity contribution in [1.82, 2.24) is 19.8 Å². The van der Waals surface area contributed by atoms with Gasteiger partial charge in [0.15, 0.2) is 23.7 Å². The van der Waals surface area contributed by atoms with Crippen molar-refractivity contribution in [3.8, 4) is 17.3 Å². The maximum Gasteiger partial charge on any atom is 0.246 e. The molecule has 1 atom stereocenters. The quantitative estimate of drug-likeness (QED) is 0.150. The van der Waals surface area contributed by atoms with Crippen molar-refractivity contribution in [2.45, 2.75) is 32.9 Å². The number of carbonyl (C=O) groups excluding carboxylic acids is 1. The predicted octanol–water partition coefficient (Wildman–Crippen LogP) is 5.92. The van der Waals surface area contributed by atoms with Crippen LogP contribution in [0.15, 0.2) is 36.6 Å². The number of hydrogen-bond acceptors (Lipinski definition) is 8. The fraction of sp³-hybridized carbons (Fsp3) is 0.290. The molecule has 1 fully saturated rings. The van der Waals surface area contributed by atoms with Crippen LogP contribution in [0.3, 0.4) is 0 Å². The molecule has 2 aliphatic heterocycles. The van der Waals surface area contributed by atoms with Gasteiger partial charge in [0.1, 0.15) is 22.5 Å². The number of nitriles is 1. The molecule has 45 heavy (non-hydrogen) atoms. The maximum absolute atomic E-state index is 15.3. The average molecular weight is 659 g/mol. The van der Waals surface area contributed by atoms with E-state index in [1.807, 2.05) is 18.7 Å². The zero-order valence-electron chi connectivity index (χ0n) is 24.5. The molecule has 2 aliphatic rings. The number of aliphatic hydroxyl groups excluding tert-OH is 1. The molecule has 0 spiro atoms. The van der Waals surface area contributed by atoms with Crippen molar-refractivity contribution in [2.75, 3.05) is 36.8 Å². The summed E-state index contributed by atoms with van der Waals surface area (Å²) in [4.78, 5) is 26.2. The van der Waals surface area contributed by atoms with Gasteiger partial charge in [-0.3, -0.25) is 14.7 Å². The molecule has 0 radical (unpaired) electrons. The van der Waals surface area contributed by atoms with Crippen LogP contribution in [-0.4, -0.2) is 63.2 Å². The Morgan fingerprint density at radius 1 is 1.20 bits per heavy atom. The van der Waals surface area contributed by atoms with Gasteiger partial charge in [0.2, 0.25) is 5.91 Å². The Bertz CT molecular complexity index is 1790. The monoisotopic (exact) mass is 657 g/mol. The number of aliphatic hydroxyl groups is 1. The van der Waals surface area contributed by atoms with Gasteiger partial charge >= 0.3 is 0 Å². The number of pyridine rings is 2. The minimum Gasteiger partial charge on any atom is -0.397 e. The Labute approximate surface area is 267 Å². The van der Waals surface area contributed by atoms with Crippen molar-refractivity contribution in [3.63, 3.8) is 0 Å². The second-order valence-corrected chi connectivity index (χ2v) is 11.7. The van der Waals surface area contributed by atoms with Crippen LogP contribution in [0, 0.1) is 35.7 Å². The van der Waals surface area contributed by atoms with E-state index in [1.54, 1.807) is 24.1 Å². The highest BCUT2D eigenvalue weighted by Gasteiger charge is 2.40. The van der Waals surface area contributed by atoms with Gasteiger partial charge in [-0.15, -0.1) is 0 Å². The van der Waals surface area contributed by atoms with Crippen molar-refractivity contribution >= 4 is 52.0 Å². The lowest BCUT2D eigenvalue weighted by Gasteiger charge is -2.43. The number of nitrogens with two attached hydrogens (primary N) is 1. The van der Waals surface area contributed by atoms with Crippen LogP contribution in [0.25, 0.3) is 17.0 Å². The second kappa shape index (κ2) is 12.2. The number of aromatic nitrogens is 2. The predicted molar refractivity (Wildman–Crippen MR) is 166 cm³/mol. The highest BCUT2D eigenvalue weighted by Crippen LogP contribution is 2.48. The summed E-state index contributed by atoms with van der Waals surface area (Å²) in [6, 6.07) is 5.25. The minimum absolute atomic E-state index is 0.0261. The summed E-state index contributed by atoms with van der Waals surface area (Å²) in [6.07, 6.45) is 1.22. The molecule has 1 amide bonds. The highest BCUT2D eigenvalue weighted by molar-refractivity contribution is 6.35. The Hall–Kier alpha value is -4.31. The molecule has 0 saturated carbocycles. The summed E-state index contributed by atoms with van der Waals surface area (Å²) in [5, 5.41) is 21.3. The third kappa shape index (κ3) is 5.24. The van der Waals surface area contributed by atoms with Gasteiger partial charge in [-0.25, -0.2) is 18.2 Å². The number of benzene rings is 1. The van der Waals surface area contributed by atoms with Gasteiger partial charge in [-0.2, -0.15) is 5.26 Å². The zero-order valence-corrected chi connectivity index (χ0v) is 26.0. The fourth-order valence-electron chi connectivity index (χ4n) is 5.67. The maximum atomic E-state index is 15.3. The van der Waals surface area contributed by atoms with E-state index < -0.39 is 40.0 Å². The van der Waals surface area contributed by atoms with E-state index >= 15 is 4.39 Å². The lowest BCUT2D eigenvalue weighted by Crippen LogP contribution is -2.49.